The van der Waals surface area contributed by atoms with Gasteiger partial charge in [0, 0.05) is 39.1 Å². The SMILES string of the molecule is COC1C(=O)N(c2cccc(F)c2)C12CCN(S(=O)(=O)c1cn(C)cn1)CC2. The molecule has 0 bridgehead atoms. The molecule has 2 saturated heterocycles. The van der Waals surface area contributed by atoms with Crippen molar-refractivity contribution in [2.75, 3.05) is 25.1 Å². The summed E-state index contributed by atoms with van der Waals surface area (Å²) in [6.07, 6.45) is 3.01. The zero-order valence-electron chi connectivity index (χ0n) is 15.6. The zero-order chi connectivity index (χ0) is 20.1. The quantitative estimate of drug-likeness (QED) is 0.709. The molecular weight excluding hydrogens is 387 g/mol. The number of carbonyl (C=O) groups is 1. The minimum Gasteiger partial charge on any atom is -0.369 e. The molecule has 1 aromatic carbocycles. The smallest absolute Gasteiger partial charge is 0.262 e. The molecule has 1 amide bonds. The van der Waals surface area contributed by atoms with Gasteiger partial charge in [-0.3, -0.25) is 4.79 Å². The van der Waals surface area contributed by atoms with Crippen molar-refractivity contribution < 1.29 is 22.3 Å². The monoisotopic (exact) mass is 408 g/mol. The van der Waals surface area contributed by atoms with E-state index in [0.717, 1.165) is 0 Å². The average Bonchev–Trinajstić information content (AvgIpc) is 3.10. The van der Waals surface area contributed by atoms with Crippen molar-refractivity contribution in [2.24, 2.45) is 7.05 Å². The van der Waals surface area contributed by atoms with Gasteiger partial charge in [-0.25, -0.2) is 17.8 Å². The number of piperidine rings is 1. The van der Waals surface area contributed by atoms with E-state index in [1.807, 2.05) is 0 Å². The molecule has 0 radical (unpaired) electrons. The van der Waals surface area contributed by atoms with Crippen molar-refractivity contribution in [3.8, 4) is 0 Å². The average molecular weight is 408 g/mol. The normalized spacial score (nSPS) is 22.5. The number of β-lactam (4-membered cyclic amide) rings is 1. The first-order valence-electron chi connectivity index (χ1n) is 8.90. The lowest BCUT2D eigenvalue weighted by Gasteiger charge is -2.59. The Balaban J connectivity index is 1.59. The summed E-state index contributed by atoms with van der Waals surface area (Å²) in [5, 5.41) is 0.000846. The Morgan fingerprint density at radius 2 is 2.00 bits per heavy atom. The van der Waals surface area contributed by atoms with Crippen LogP contribution in [-0.4, -0.2) is 60.0 Å². The van der Waals surface area contributed by atoms with Crippen LogP contribution in [0.25, 0.3) is 0 Å². The third kappa shape index (κ3) is 2.75. The van der Waals surface area contributed by atoms with E-state index in [0.29, 0.717) is 18.5 Å². The summed E-state index contributed by atoms with van der Waals surface area (Å²) in [5.74, 6) is -0.675. The number of carbonyl (C=O) groups excluding carboxylic acids is 1. The molecule has 1 unspecified atom stereocenters. The number of anilines is 1. The van der Waals surface area contributed by atoms with E-state index >= 15 is 0 Å². The molecule has 0 aliphatic carbocycles. The molecule has 2 aliphatic rings. The van der Waals surface area contributed by atoms with Gasteiger partial charge in [0.05, 0.1) is 11.9 Å². The molecule has 1 atom stereocenters. The predicted octanol–water partition coefficient (Wildman–Crippen LogP) is 1.14. The van der Waals surface area contributed by atoms with E-state index in [2.05, 4.69) is 4.98 Å². The van der Waals surface area contributed by atoms with Crippen LogP contribution >= 0.6 is 0 Å². The fourth-order valence-electron chi connectivity index (χ4n) is 4.19. The molecule has 1 spiro atoms. The number of hydrogen-bond donors (Lipinski definition) is 0. The number of ether oxygens (including phenoxy) is 1. The number of rotatable bonds is 4. The molecule has 2 aromatic rings. The Labute approximate surface area is 162 Å². The van der Waals surface area contributed by atoms with Crippen molar-refractivity contribution >= 4 is 21.6 Å². The summed E-state index contributed by atoms with van der Waals surface area (Å²) in [6, 6.07) is 5.84. The molecule has 4 rings (SSSR count). The third-order valence-corrected chi connectivity index (χ3v) is 7.34. The van der Waals surface area contributed by atoms with Gasteiger partial charge in [-0.15, -0.1) is 0 Å². The Bertz CT molecular complexity index is 1010. The minimum absolute atomic E-state index is 0.000846. The third-order valence-electron chi connectivity index (χ3n) is 5.55. The zero-order valence-corrected chi connectivity index (χ0v) is 16.4. The standard InChI is InChI=1S/C18H21FN4O4S/c1-21-11-15(20-12-21)28(25,26)22-8-6-18(7-9-22)16(27-2)17(24)23(18)14-5-3-4-13(19)10-14/h3-5,10-12,16H,6-9H2,1-2H3. The molecular formula is C18H21FN4O4S. The lowest BCUT2D eigenvalue weighted by Crippen LogP contribution is -2.77. The van der Waals surface area contributed by atoms with Gasteiger partial charge in [-0.2, -0.15) is 4.31 Å². The number of sulfonamides is 1. The van der Waals surface area contributed by atoms with Crippen LogP contribution in [0.3, 0.4) is 0 Å². The Hall–Kier alpha value is -2.30. The Kier molecular flexibility index (Phi) is 4.52. The summed E-state index contributed by atoms with van der Waals surface area (Å²) >= 11 is 0. The lowest BCUT2D eigenvalue weighted by atomic mass is 9.73. The largest absolute Gasteiger partial charge is 0.369 e. The van der Waals surface area contributed by atoms with Crippen LogP contribution in [0.4, 0.5) is 10.1 Å². The van der Waals surface area contributed by atoms with Crippen LogP contribution < -0.4 is 4.90 Å². The van der Waals surface area contributed by atoms with Gasteiger partial charge in [-0.05, 0) is 31.0 Å². The number of aryl methyl sites for hydroxylation is 1. The van der Waals surface area contributed by atoms with E-state index in [4.69, 9.17) is 4.74 Å². The van der Waals surface area contributed by atoms with Crippen LogP contribution in [0.2, 0.25) is 0 Å². The highest BCUT2D eigenvalue weighted by Gasteiger charge is 2.62. The topological polar surface area (TPSA) is 84.7 Å². The van der Waals surface area contributed by atoms with Crippen molar-refractivity contribution in [2.45, 2.75) is 29.5 Å². The van der Waals surface area contributed by atoms with E-state index in [9.17, 15) is 17.6 Å². The van der Waals surface area contributed by atoms with Crippen LogP contribution in [0.1, 0.15) is 12.8 Å². The van der Waals surface area contributed by atoms with E-state index in [1.165, 1.54) is 36.1 Å². The van der Waals surface area contributed by atoms with Gasteiger partial charge < -0.3 is 14.2 Å². The maximum absolute atomic E-state index is 13.7. The highest BCUT2D eigenvalue weighted by Crippen LogP contribution is 2.46. The number of halogens is 1. The summed E-state index contributed by atoms with van der Waals surface area (Å²) < 4.78 is 47.7. The molecule has 3 heterocycles. The molecule has 150 valence electrons. The number of methoxy groups -OCH3 is 1. The highest BCUT2D eigenvalue weighted by molar-refractivity contribution is 7.89. The highest BCUT2D eigenvalue weighted by atomic mass is 32.2. The van der Waals surface area contributed by atoms with Gasteiger partial charge in [-0.1, -0.05) is 6.07 Å². The number of hydrogen-bond acceptors (Lipinski definition) is 5. The molecule has 2 aliphatic heterocycles. The van der Waals surface area contributed by atoms with Crippen LogP contribution in [0.5, 0.6) is 0 Å². The van der Waals surface area contributed by atoms with Gasteiger partial charge in [0.25, 0.3) is 15.9 Å². The van der Waals surface area contributed by atoms with E-state index in [1.54, 1.807) is 28.6 Å². The molecule has 2 fully saturated rings. The number of amides is 1. The van der Waals surface area contributed by atoms with Crippen molar-refractivity contribution in [1.29, 1.82) is 0 Å². The number of aromatic nitrogens is 2. The molecule has 28 heavy (non-hydrogen) atoms. The van der Waals surface area contributed by atoms with Crippen molar-refractivity contribution in [1.82, 2.24) is 13.9 Å². The minimum atomic E-state index is -3.70. The summed E-state index contributed by atoms with van der Waals surface area (Å²) in [7, 11) is -0.537. The first-order chi connectivity index (χ1) is 13.3. The molecule has 10 heteroatoms. The van der Waals surface area contributed by atoms with E-state index in [-0.39, 0.29) is 24.0 Å². The summed E-state index contributed by atoms with van der Waals surface area (Å²) in [4.78, 5) is 18.1. The lowest BCUT2D eigenvalue weighted by molar-refractivity contribution is -0.150. The Morgan fingerprint density at radius 1 is 1.29 bits per heavy atom. The van der Waals surface area contributed by atoms with Crippen LogP contribution in [0, 0.1) is 5.82 Å². The fourth-order valence-corrected chi connectivity index (χ4v) is 5.60. The van der Waals surface area contributed by atoms with Crippen molar-refractivity contribution in [3.63, 3.8) is 0 Å². The Morgan fingerprint density at radius 3 is 2.57 bits per heavy atom. The summed E-state index contributed by atoms with van der Waals surface area (Å²) in [5.41, 5.74) is -0.227. The summed E-state index contributed by atoms with van der Waals surface area (Å²) in [6.45, 7) is 0.440. The first kappa shape index (κ1) is 19.0. The van der Waals surface area contributed by atoms with Gasteiger partial charge in [0.15, 0.2) is 11.1 Å². The van der Waals surface area contributed by atoms with Gasteiger partial charge in [0.1, 0.15) is 5.82 Å². The second-order valence-corrected chi connectivity index (χ2v) is 9.04. The maximum atomic E-state index is 13.7. The molecule has 1 aromatic heterocycles. The number of benzene rings is 1. The van der Waals surface area contributed by atoms with Crippen molar-refractivity contribution in [3.05, 3.63) is 42.6 Å². The van der Waals surface area contributed by atoms with Gasteiger partial charge in [0.2, 0.25) is 0 Å². The fraction of sp³-hybridized carbons (Fsp3) is 0.444. The second-order valence-electron chi connectivity index (χ2n) is 7.15. The van der Waals surface area contributed by atoms with Gasteiger partial charge >= 0.3 is 0 Å². The molecule has 0 N–H and O–H groups in total. The van der Waals surface area contributed by atoms with Crippen LogP contribution in [-0.2, 0) is 26.6 Å². The number of imidazole rings is 1. The second kappa shape index (κ2) is 6.64. The first-order valence-corrected chi connectivity index (χ1v) is 10.3. The van der Waals surface area contributed by atoms with E-state index < -0.39 is 27.5 Å². The molecule has 8 nitrogen and oxygen atoms in total. The molecule has 0 saturated carbocycles. The number of nitrogens with zero attached hydrogens (tertiary/aromatic N) is 4. The maximum Gasteiger partial charge on any atom is 0.262 e. The predicted molar refractivity (Wildman–Crippen MR) is 98.6 cm³/mol. The van der Waals surface area contributed by atoms with Crippen LogP contribution in [0.15, 0.2) is 41.8 Å².